The van der Waals surface area contributed by atoms with Gasteiger partial charge in [0.1, 0.15) is 0 Å². The van der Waals surface area contributed by atoms with E-state index in [9.17, 15) is 4.79 Å². The minimum atomic E-state index is -0.131. The monoisotopic (exact) mass is 410 g/mol. The fourth-order valence-corrected chi connectivity index (χ4v) is 3.12. The molecule has 2 N–H and O–H groups in total. The van der Waals surface area contributed by atoms with Crippen molar-refractivity contribution in [2.24, 2.45) is 0 Å². The van der Waals surface area contributed by atoms with E-state index in [-0.39, 0.29) is 5.91 Å². The van der Waals surface area contributed by atoms with E-state index in [1.807, 2.05) is 50.2 Å². The first kappa shape index (κ1) is 16.0. The highest BCUT2D eigenvalue weighted by Gasteiger charge is 2.13. The molecule has 2 aromatic carbocycles. The molecule has 0 saturated heterocycles. The van der Waals surface area contributed by atoms with Gasteiger partial charge in [0.15, 0.2) is 0 Å². The lowest BCUT2D eigenvalue weighted by Gasteiger charge is -2.13. The van der Waals surface area contributed by atoms with E-state index in [2.05, 4.69) is 42.5 Å². The van der Waals surface area contributed by atoms with Gasteiger partial charge < -0.3 is 10.6 Å². The predicted octanol–water partition coefficient (Wildman–Crippen LogP) is 5.20. The van der Waals surface area contributed by atoms with Crippen molar-refractivity contribution in [2.45, 2.75) is 13.8 Å². The average Bonchev–Trinajstić information content (AvgIpc) is 2.42. The Morgan fingerprint density at radius 1 is 1.10 bits per heavy atom. The summed E-state index contributed by atoms with van der Waals surface area (Å²) in [6.07, 6.45) is 0. The second kappa shape index (κ2) is 7.09. The highest BCUT2D eigenvalue weighted by molar-refractivity contribution is 9.11. The van der Waals surface area contributed by atoms with Crippen LogP contribution in [-0.4, -0.2) is 12.5 Å². The van der Waals surface area contributed by atoms with Crippen molar-refractivity contribution in [3.05, 3.63) is 56.5 Å². The number of halogens is 2. The maximum absolute atomic E-state index is 12.5. The Labute approximate surface area is 141 Å². The summed E-state index contributed by atoms with van der Waals surface area (Å²) in [7, 11) is 0. The number of rotatable bonds is 4. The molecule has 0 heterocycles. The summed E-state index contributed by atoms with van der Waals surface area (Å²) in [5.41, 5.74) is 3.35. The summed E-state index contributed by atoms with van der Waals surface area (Å²) in [4.78, 5) is 12.5. The molecule has 0 aliphatic carbocycles. The van der Waals surface area contributed by atoms with E-state index in [0.717, 1.165) is 32.4 Å². The summed E-state index contributed by atoms with van der Waals surface area (Å²) >= 11 is 6.84. The lowest BCUT2D eigenvalue weighted by atomic mass is 10.1. The summed E-state index contributed by atoms with van der Waals surface area (Å²) in [5.74, 6) is -0.131. The topological polar surface area (TPSA) is 41.1 Å². The molecule has 0 radical (unpaired) electrons. The quantitative estimate of drug-likeness (QED) is 0.725. The van der Waals surface area contributed by atoms with Crippen LogP contribution in [-0.2, 0) is 0 Å². The molecule has 0 fully saturated rings. The number of amides is 1. The molecule has 3 nitrogen and oxygen atoms in total. The van der Waals surface area contributed by atoms with Gasteiger partial charge in [0.05, 0.1) is 11.3 Å². The van der Waals surface area contributed by atoms with E-state index in [1.165, 1.54) is 0 Å². The zero-order valence-corrected chi connectivity index (χ0v) is 15.0. The molecule has 0 aliphatic heterocycles. The average molecular weight is 412 g/mol. The number of anilines is 2. The van der Waals surface area contributed by atoms with E-state index in [1.54, 1.807) is 0 Å². The van der Waals surface area contributed by atoms with Gasteiger partial charge in [-0.2, -0.15) is 0 Å². The number of carbonyl (C=O) groups excluding carboxylic acids is 1. The molecule has 0 spiro atoms. The van der Waals surface area contributed by atoms with Crippen molar-refractivity contribution < 1.29 is 4.79 Å². The molecule has 21 heavy (non-hydrogen) atoms. The van der Waals surface area contributed by atoms with E-state index in [4.69, 9.17) is 0 Å². The SMILES string of the molecule is CCNc1cc(C)ccc1C(=O)Nc1ccc(Br)cc1Br. The van der Waals surface area contributed by atoms with Crippen molar-refractivity contribution in [1.82, 2.24) is 0 Å². The van der Waals surface area contributed by atoms with Crippen molar-refractivity contribution in [1.29, 1.82) is 0 Å². The highest BCUT2D eigenvalue weighted by Crippen LogP contribution is 2.27. The minimum Gasteiger partial charge on any atom is -0.385 e. The molecular formula is C16H16Br2N2O. The maximum atomic E-state index is 12.5. The minimum absolute atomic E-state index is 0.131. The van der Waals surface area contributed by atoms with Gasteiger partial charge in [-0.15, -0.1) is 0 Å². The first-order valence-electron chi connectivity index (χ1n) is 6.62. The number of carbonyl (C=O) groups is 1. The van der Waals surface area contributed by atoms with Crippen molar-refractivity contribution in [3.63, 3.8) is 0 Å². The zero-order valence-electron chi connectivity index (χ0n) is 11.8. The second-order valence-corrected chi connectivity index (χ2v) is 6.43. The Morgan fingerprint density at radius 3 is 2.52 bits per heavy atom. The third-order valence-corrected chi connectivity index (χ3v) is 4.12. The molecule has 2 rings (SSSR count). The normalized spacial score (nSPS) is 10.3. The number of benzene rings is 2. The molecule has 0 aromatic heterocycles. The second-order valence-electron chi connectivity index (χ2n) is 4.66. The summed E-state index contributed by atoms with van der Waals surface area (Å²) in [5, 5.41) is 6.15. The molecule has 0 atom stereocenters. The van der Waals surface area contributed by atoms with Crippen LogP contribution in [0.3, 0.4) is 0 Å². The Morgan fingerprint density at radius 2 is 1.86 bits per heavy atom. The Hall–Kier alpha value is -1.33. The molecule has 0 aliphatic rings. The third kappa shape index (κ3) is 4.08. The van der Waals surface area contributed by atoms with Gasteiger partial charge in [0.25, 0.3) is 5.91 Å². The van der Waals surface area contributed by atoms with Gasteiger partial charge in [-0.05, 0) is 65.7 Å². The van der Waals surface area contributed by atoms with Crippen LogP contribution < -0.4 is 10.6 Å². The molecule has 110 valence electrons. The number of hydrogen-bond donors (Lipinski definition) is 2. The smallest absolute Gasteiger partial charge is 0.257 e. The molecule has 0 saturated carbocycles. The first-order chi connectivity index (χ1) is 10.0. The first-order valence-corrected chi connectivity index (χ1v) is 8.20. The molecular weight excluding hydrogens is 396 g/mol. The van der Waals surface area contributed by atoms with Crippen LogP contribution in [0.25, 0.3) is 0 Å². The van der Waals surface area contributed by atoms with Crippen molar-refractivity contribution in [2.75, 3.05) is 17.2 Å². The molecule has 2 aromatic rings. The van der Waals surface area contributed by atoms with Crippen molar-refractivity contribution >= 4 is 49.1 Å². The van der Waals surface area contributed by atoms with Gasteiger partial charge in [-0.1, -0.05) is 22.0 Å². The van der Waals surface area contributed by atoms with E-state index in [0.29, 0.717) is 5.56 Å². The maximum Gasteiger partial charge on any atom is 0.257 e. The fourth-order valence-electron chi connectivity index (χ4n) is 1.97. The van der Waals surface area contributed by atoms with Crippen LogP contribution >= 0.6 is 31.9 Å². The van der Waals surface area contributed by atoms with Gasteiger partial charge >= 0.3 is 0 Å². The number of aryl methyl sites for hydroxylation is 1. The summed E-state index contributed by atoms with van der Waals surface area (Å²) in [6.45, 7) is 4.79. The van der Waals surface area contributed by atoms with Crippen LogP contribution in [0, 0.1) is 6.92 Å². The summed E-state index contributed by atoms with van der Waals surface area (Å²) in [6, 6.07) is 11.4. The van der Waals surface area contributed by atoms with Gasteiger partial charge in [0.2, 0.25) is 0 Å². The van der Waals surface area contributed by atoms with Crippen LogP contribution in [0.5, 0.6) is 0 Å². The van der Waals surface area contributed by atoms with Gasteiger partial charge in [-0.25, -0.2) is 0 Å². The molecule has 1 amide bonds. The van der Waals surface area contributed by atoms with Crippen LogP contribution in [0.1, 0.15) is 22.8 Å². The lowest BCUT2D eigenvalue weighted by Crippen LogP contribution is -2.15. The molecule has 5 heteroatoms. The predicted molar refractivity (Wildman–Crippen MR) is 95.1 cm³/mol. The molecule has 0 bridgehead atoms. The van der Waals surface area contributed by atoms with Gasteiger partial charge in [-0.3, -0.25) is 4.79 Å². The van der Waals surface area contributed by atoms with Crippen LogP contribution in [0.4, 0.5) is 11.4 Å². The lowest BCUT2D eigenvalue weighted by molar-refractivity contribution is 0.102. The third-order valence-electron chi connectivity index (χ3n) is 2.97. The Balaban J connectivity index is 2.28. The van der Waals surface area contributed by atoms with E-state index >= 15 is 0 Å². The van der Waals surface area contributed by atoms with Gasteiger partial charge in [0, 0.05) is 21.2 Å². The number of hydrogen-bond acceptors (Lipinski definition) is 2. The highest BCUT2D eigenvalue weighted by atomic mass is 79.9. The van der Waals surface area contributed by atoms with E-state index < -0.39 is 0 Å². The zero-order chi connectivity index (χ0) is 15.4. The number of nitrogens with one attached hydrogen (secondary N) is 2. The Bertz CT molecular complexity index is 671. The summed E-state index contributed by atoms with van der Waals surface area (Å²) < 4.78 is 1.79. The molecule has 0 unspecified atom stereocenters. The Kier molecular flexibility index (Phi) is 5.42. The fraction of sp³-hybridized carbons (Fsp3) is 0.188. The van der Waals surface area contributed by atoms with Crippen LogP contribution in [0.15, 0.2) is 45.3 Å². The van der Waals surface area contributed by atoms with Crippen molar-refractivity contribution in [3.8, 4) is 0 Å². The largest absolute Gasteiger partial charge is 0.385 e. The van der Waals surface area contributed by atoms with Crippen LogP contribution in [0.2, 0.25) is 0 Å². The standard InChI is InChI=1S/C16H16Br2N2O/c1-3-19-15-8-10(2)4-6-12(15)16(21)20-14-7-5-11(17)9-13(14)18/h4-9,19H,3H2,1-2H3,(H,20,21).